The van der Waals surface area contributed by atoms with E-state index in [-0.39, 0.29) is 12.1 Å². The van der Waals surface area contributed by atoms with Crippen LogP contribution in [0.1, 0.15) is 37.7 Å². The van der Waals surface area contributed by atoms with Gasteiger partial charge in [-0.1, -0.05) is 19.3 Å². The van der Waals surface area contributed by atoms with Crippen LogP contribution in [0.15, 0.2) is 24.3 Å². The van der Waals surface area contributed by atoms with E-state index in [0.29, 0.717) is 5.69 Å². The Morgan fingerprint density at radius 2 is 1.65 bits per heavy atom. The van der Waals surface area contributed by atoms with Crippen LogP contribution in [-0.2, 0) is 6.18 Å². The van der Waals surface area contributed by atoms with Crippen molar-refractivity contribution < 1.29 is 18.0 Å². The van der Waals surface area contributed by atoms with Crippen LogP contribution in [0.2, 0.25) is 0 Å². The summed E-state index contributed by atoms with van der Waals surface area (Å²) >= 11 is 0. The number of benzene rings is 1. The highest BCUT2D eigenvalue weighted by Crippen LogP contribution is 2.29. The molecule has 20 heavy (non-hydrogen) atoms. The SMILES string of the molecule is O=C(Nc1ccc(C(F)(F)F)cc1)NC1CCCCC1. The lowest BCUT2D eigenvalue weighted by atomic mass is 9.96. The van der Waals surface area contributed by atoms with E-state index in [9.17, 15) is 18.0 Å². The molecule has 0 spiro atoms. The molecule has 1 fully saturated rings. The van der Waals surface area contributed by atoms with Crippen LogP contribution >= 0.6 is 0 Å². The number of halogens is 3. The van der Waals surface area contributed by atoms with E-state index in [1.54, 1.807) is 0 Å². The average Bonchev–Trinajstić information content (AvgIpc) is 2.39. The molecular formula is C14H17F3N2O. The lowest BCUT2D eigenvalue weighted by Gasteiger charge is -2.22. The maximum Gasteiger partial charge on any atom is 0.416 e. The molecule has 2 N–H and O–H groups in total. The number of amides is 2. The maximum absolute atomic E-state index is 12.4. The minimum atomic E-state index is -4.36. The first-order valence-electron chi connectivity index (χ1n) is 6.70. The summed E-state index contributed by atoms with van der Waals surface area (Å²) in [6, 6.07) is 4.22. The van der Waals surface area contributed by atoms with Gasteiger partial charge in [-0.2, -0.15) is 13.2 Å². The largest absolute Gasteiger partial charge is 0.416 e. The number of carbonyl (C=O) groups is 1. The summed E-state index contributed by atoms with van der Waals surface area (Å²) in [5, 5.41) is 5.39. The van der Waals surface area contributed by atoms with Crippen molar-refractivity contribution in [3.8, 4) is 0 Å². The Kier molecular flexibility index (Phi) is 4.52. The molecule has 6 heteroatoms. The van der Waals surface area contributed by atoms with E-state index >= 15 is 0 Å². The minimum absolute atomic E-state index is 0.165. The number of hydrogen-bond acceptors (Lipinski definition) is 1. The Morgan fingerprint density at radius 1 is 1.05 bits per heavy atom. The second-order valence-corrected chi connectivity index (χ2v) is 5.01. The Labute approximate surface area is 115 Å². The predicted octanol–water partition coefficient (Wildman–Crippen LogP) is 4.16. The highest BCUT2D eigenvalue weighted by atomic mass is 19.4. The second kappa shape index (κ2) is 6.15. The van der Waals surface area contributed by atoms with Gasteiger partial charge in [0, 0.05) is 11.7 Å². The highest BCUT2D eigenvalue weighted by molar-refractivity contribution is 5.89. The van der Waals surface area contributed by atoms with E-state index < -0.39 is 11.7 Å². The molecule has 0 bridgehead atoms. The van der Waals surface area contributed by atoms with E-state index in [2.05, 4.69) is 10.6 Å². The van der Waals surface area contributed by atoms with Gasteiger partial charge in [0.15, 0.2) is 0 Å². The number of nitrogens with one attached hydrogen (secondary N) is 2. The zero-order valence-corrected chi connectivity index (χ0v) is 11.0. The number of hydrogen-bond donors (Lipinski definition) is 2. The third-order valence-electron chi connectivity index (χ3n) is 3.41. The maximum atomic E-state index is 12.4. The van der Waals surface area contributed by atoms with Gasteiger partial charge in [0.1, 0.15) is 0 Å². The van der Waals surface area contributed by atoms with E-state index in [0.717, 1.165) is 37.8 Å². The number of rotatable bonds is 2. The Balaban J connectivity index is 1.87. The van der Waals surface area contributed by atoms with E-state index in [1.807, 2.05) is 0 Å². The van der Waals surface area contributed by atoms with Crippen molar-refractivity contribution in [2.45, 2.75) is 44.3 Å². The van der Waals surface area contributed by atoms with Crippen LogP contribution < -0.4 is 10.6 Å². The van der Waals surface area contributed by atoms with Gasteiger partial charge < -0.3 is 10.6 Å². The number of anilines is 1. The van der Waals surface area contributed by atoms with Crippen molar-refractivity contribution in [1.82, 2.24) is 5.32 Å². The van der Waals surface area contributed by atoms with Crippen molar-refractivity contribution >= 4 is 11.7 Å². The molecule has 0 aromatic heterocycles. The monoisotopic (exact) mass is 286 g/mol. The molecule has 0 atom stereocenters. The average molecular weight is 286 g/mol. The van der Waals surface area contributed by atoms with Crippen molar-refractivity contribution in [1.29, 1.82) is 0 Å². The fourth-order valence-corrected chi connectivity index (χ4v) is 2.34. The van der Waals surface area contributed by atoms with Crippen molar-refractivity contribution in [3.63, 3.8) is 0 Å². The molecule has 110 valence electrons. The van der Waals surface area contributed by atoms with Crippen LogP contribution in [0.25, 0.3) is 0 Å². The lowest BCUT2D eigenvalue weighted by Crippen LogP contribution is -2.39. The molecule has 1 aromatic rings. The molecule has 1 aliphatic rings. The quantitative estimate of drug-likeness (QED) is 0.842. The highest BCUT2D eigenvalue weighted by Gasteiger charge is 2.30. The number of carbonyl (C=O) groups excluding carboxylic acids is 1. The molecule has 1 aliphatic carbocycles. The van der Waals surface area contributed by atoms with Gasteiger partial charge in [-0.05, 0) is 37.1 Å². The fraction of sp³-hybridized carbons (Fsp3) is 0.500. The second-order valence-electron chi connectivity index (χ2n) is 5.01. The molecule has 0 saturated heterocycles. The summed E-state index contributed by atoms with van der Waals surface area (Å²) in [5.74, 6) is 0. The smallest absolute Gasteiger partial charge is 0.335 e. The molecule has 0 heterocycles. The zero-order valence-electron chi connectivity index (χ0n) is 11.0. The molecule has 0 aliphatic heterocycles. The molecule has 0 unspecified atom stereocenters. The van der Waals surface area contributed by atoms with Gasteiger partial charge in [-0.25, -0.2) is 4.79 Å². The summed E-state index contributed by atoms with van der Waals surface area (Å²) in [6.45, 7) is 0. The molecular weight excluding hydrogens is 269 g/mol. The molecule has 1 aromatic carbocycles. The Morgan fingerprint density at radius 3 is 2.20 bits per heavy atom. The number of urea groups is 1. The standard InChI is InChI=1S/C14H17F3N2O/c15-14(16,17)10-6-8-12(9-7-10)19-13(20)18-11-4-2-1-3-5-11/h6-9,11H,1-5H2,(H2,18,19,20). The van der Waals surface area contributed by atoms with Crippen LogP contribution in [0.4, 0.5) is 23.7 Å². The zero-order chi connectivity index (χ0) is 14.6. The molecule has 2 amide bonds. The summed E-state index contributed by atoms with van der Waals surface area (Å²) < 4.78 is 37.2. The first kappa shape index (κ1) is 14.7. The molecule has 0 radical (unpaired) electrons. The summed E-state index contributed by atoms with van der Waals surface area (Å²) in [5.41, 5.74) is -0.373. The third-order valence-corrected chi connectivity index (χ3v) is 3.41. The minimum Gasteiger partial charge on any atom is -0.335 e. The van der Waals surface area contributed by atoms with Gasteiger partial charge in [0.2, 0.25) is 0 Å². The van der Waals surface area contributed by atoms with Crippen LogP contribution in [0, 0.1) is 0 Å². The van der Waals surface area contributed by atoms with Gasteiger partial charge in [0.25, 0.3) is 0 Å². The normalized spacial score (nSPS) is 16.8. The van der Waals surface area contributed by atoms with Crippen LogP contribution in [0.3, 0.4) is 0 Å². The molecule has 3 nitrogen and oxygen atoms in total. The van der Waals surface area contributed by atoms with Gasteiger partial charge in [0.05, 0.1) is 5.56 Å². The van der Waals surface area contributed by atoms with Crippen LogP contribution in [0.5, 0.6) is 0 Å². The van der Waals surface area contributed by atoms with Gasteiger partial charge in [-0.3, -0.25) is 0 Å². The Hall–Kier alpha value is -1.72. The van der Waals surface area contributed by atoms with Crippen LogP contribution in [-0.4, -0.2) is 12.1 Å². The predicted molar refractivity (Wildman–Crippen MR) is 70.5 cm³/mol. The van der Waals surface area contributed by atoms with Gasteiger partial charge >= 0.3 is 12.2 Å². The van der Waals surface area contributed by atoms with E-state index in [1.165, 1.54) is 18.6 Å². The van der Waals surface area contributed by atoms with E-state index in [4.69, 9.17) is 0 Å². The fourth-order valence-electron chi connectivity index (χ4n) is 2.34. The number of alkyl halides is 3. The Bertz CT molecular complexity index is 450. The summed E-state index contributed by atoms with van der Waals surface area (Å²) in [6.07, 6.45) is 0.957. The van der Waals surface area contributed by atoms with Crippen molar-refractivity contribution in [3.05, 3.63) is 29.8 Å². The molecule has 1 saturated carbocycles. The summed E-state index contributed by atoms with van der Waals surface area (Å²) in [4.78, 5) is 11.7. The van der Waals surface area contributed by atoms with Crippen molar-refractivity contribution in [2.24, 2.45) is 0 Å². The molecule has 2 rings (SSSR count). The lowest BCUT2D eigenvalue weighted by molar-refractivity contribution is -0.137. The van der Waals surface area contributed by atoms with Crippen molar-refractivity contribution in [2.75, 3.05) is 5.32 Å². The third kappa shape index (κ3) is 4.15. The topological polar surface area (TPSA) is 41.1 Å². The first-order valence-corrected chi connectivity index (χ1v) is 6.70. The summed E-state index contributed by atoms with van der Waals surface area (Å²) in [7, 11) is 0. The first-order chi connectivity index (χ1) is 9.45. The van der Waals surface area contributed by atoms with Gasteiger partial charge in [-0.15, -0.1) is 0 Å².